The molecule has 0 unspecified atom stereocenters. The molecule has 0 aliphatic heterocycles. The Bertz CT molecular complexity index is 750. The second-order valence-corrected chi connectivity index (χ2v) is 6.54. The lowest BCUT2D eigenvalue weighted by Crippen LogP contribution is -2.12. The third-order valence-electron chi connectivity index (χ3n) is 4.44. The molecular formula is C21H25N3O. The number of nitrogens with zero attached hydrogens (tertiary/aromatic N) is 1. The van der Waals surface area contributed by atoms with Crippen molar-refractivity contribution in [2.45, 2.75) is 39.0 Å². The number of allylic oxidation sites excluding steroid dienone is 1. The molecule has 0 saturated carbocycles. The van der Waals surface area contributed by atoms with Crippen molar-refractivity contribution in [2.24, 2.45) is 0 Å². The molecule has 0 atom stereocenters. The quantitative estimate of drug-likeness (QED) is 0.735. The number of hydrogen-bond donors (Lipinski definition) is 2. The molecule has 4 heteroatoms. The van der Waals surface area contributed by atoms with E-state index in [0.717, 1.165) is 24.3 Å². The first-order valence-corrected chi connectivity index (χ1v) is 8.96. The number of aromatic nitrogens is 1. The number of hydrogen-bond acceptors (Lipinski definition) is 3. The number of carbonyl (C=O) groups is 1. The van der Waals surface area contributed by atoms with Crippen molar-refractivity contribution < 1.29 is 4.79 Å². The predicted octanol–water partition coefficient (Wildman–Crippen LogP) is 4.94. The van der Waals surface area contributed by atoms with Crippen LogP contribution in [0.5, 0.6) is 0 Å². The van der Waals surface area contributed by atoms with Crippen molar-refractivity contribution in [2.75, 3.05) is 17.2 Å². The van der Waals surface area contributed by atoms with Crippen LogP contribution in [-0.2, 0) is 0 Å². The predicted molar refractivity (Wildman–Crippen MR) is 103 cm³/mol. The summed E-state index contributed by atoms with van der Waals surface area (Å²) in [5.74, 6) is 0.723. The van der Waals surface area contributed by atoms with Crippen LogP contribution in [0.15, 0.2) is 54.2 Å². The molecule has 2 aromatic rings. The Morgan fingerprint density at radius 1 is 1.20 bits per heavy atom. The van der Waals surface area contributed by atoms with Crippen LogP contribution >= 0.6 is 0 Å². The maximum absolute atomic E-state index is 12.2. The van der Waals surface area contributed by atoms with Gasteiger partial charge in [-0.3, -0.25) is 4.79 Å². The molecule has 1 aromatic heterocycles. The number of amides is 1. The van der Waals surface area contributed by atoms with Gasteiger partial charge in [-0.15, -0.1) is 0 Å². The minimum atomic E-state index is -0.115. The van der Waals surface area contributed by atoms with Gasteiger partial charge in [0.1, 0.15) is 5.82 Å². The van der Waals surface area contributed by atoms with Crippen LogP contribution in [0.3, 0.4) is 0 Å². The largest absolute Gasteiger partial charge is 0.370 e. The van der Waals surface area contributed by atoms with E-state index in [1.807, 2.05) is 43.3 Å². The molecule has 1 amide bonds. The molecule has 0 saturated heterocycles. The minimum absolute atomic E-state index is 0.115. The molecular weight excluding hydrogens is 310 g/mol. The van der Waals surface area contributed by atoms with Crippen LogP contribution in [0, 0.1) is 6.92 Å². The van der Waals surface area contributed by atoms with Gasteiger partial charge in [-0.25, -0.2) is 4.98 Å². The monoisotopic (exact) mass is 335 g/mol. The lowest BCUT2D eigenvalue weighted by molar-refractivity contribution is 0.102. The summed E-state index contributed by atoms with van der Waals surface area (Å²) in [6, 6.07) is 11.3. The fraction of sp³-hybridized carbons (Fsp3) is 0.333. The highest BCUT2D eigenvalue weighted by Gasteiger charge is 2.07. The highest BCUT2D eigenvalue weighted by Crippen LogP contribution is 2.20. The molecule has 1 aliphatic rings. The van der Waals surface area contributed by atoms with Crippen LogP contribution in [0.1, 0.15) is 48.0 Å². The van der Waals surface area contributed by atoms with Gasteiger partial charge in [0.15, 0.2) is 0 Å². The van der Waals surface area contributed by atoms with Gasteiger partial charge in [-0.05, 0) is 63.3 Å². The Hall–Kier alpha value is -2.62. The van der Waals surface area contributed by atoms with E-state index in [4.69, 9.17) is 0 Å². The molecule has 130 valence electrons. The van der Waals surface area contributed by atoms with Crippen molar-refractivity contribution >= 4 is 17.4 Å². The van der Waals surface area contributed by atoms with Gasteiger partial charge < -0.3 is 10.6 Å². The van der Waals surface area contributed by atoms with E-state index in [2.05, 4.69) is 21.7 Å². The van der Waals surface area contributed by atoms with Crippen LogP contribution in [0.25, 0.3) is 0 Å². The van der Waals surface area contributed by atoms with E-state index in [-0.39, 0.29) is 5.91 Å². The number of rotatable bonds is 6. The van der Waals surface area contributed by atoms with E-state index in [1.54, 1.807) is 11.8 Å². The third kappa shape index (κ3) is 5.18. The minimum Gasteiger partial charge on any atom is -0.370 e. The number of benzene rings is 1. The van der Waals surface area contributed by atoms with Crippen LogP contribution in [-0.4, -0.2) is 17.4 Å². The first-order valence-electron chi connectivity index (χ1n) is 8.96. The van der Waals surface area contributed by atoms with Gasteiger partial charge in [0, 0.05) is 12.1 Å². The molecule has 25 heavy (non-hydrogen) atoms. The van der Waals surface area contributed by atoms with Crippen molar-refractivity contribution in [3.05, 3.63) is 65.4 Å². The fourth-order valence-corrected chi connectivity index (χ4v) is 3.04. The zero-order chi connectivity index (χ0) is 17.5. The van der Waals surface area contributed by atoms with Gasteiger partial charge in [-0.2, -0.15) is 0 Å². The van der Waals surface area contributed by atoms with Gasteiger partial charge >= 0.3 is 0 Å². The topological polar surface area (TPSA) is 54.0 Å². The number of pyridine rings is 1. The average Bonchev–Trinajstić information content (AvgIpc) is 2.64. The van der Waals surface area contributed by atoms with Crippen molar-refractivity contribution in [3.63, 3.8) is 0 Å². The van der Waals surface area contributed by atoms with Gasteiger partial charge in [0.25, 0.3) is 5.91 Å². The van der Waals surface area contributed by atoms with E-state index < -0.39 is 0 Å². The van der Waals surface area contributed by atoms with E-state index in [0.29, 0.717) is 11.3 Å². The Morgan fingerprint density at radius 2 is 2.12 bits per heavy atom. The Morgan fingerprint density at radius 3 is 2.84 bits per heavy atom. The first-order chi connectivity index (χ1) is 12.2. The zero-order valence-corrected chi connectivity index (χ0v) is 14.7. The number of carbonyl (C=O) groups excluding carboxylic acids is 1. The molecule has 1 heterocycles. The summed E-state index contributed by atoms with van der Waals surface area (Å²) in [7, 11) is 0. The summed E-state index contributed by atoms with van der Waals surface area (Å²) >= 11 is 0. The highest BCUT2D eigenvalue weighted by molar-refractivity contribution is 6.04. The maximum atomic E-state index is 12.2. The molecule has 0 fully saturated rings. The molecule has 1 aromatic carbocycles. The molecule has 4 nitrogen and oxygen atoms in total. The second-order valence-electron chi connectivity index (χ2n) is 6.54. The summed E-state index contributed by atoms with van der Waals surface area (Å²) < 4.78 is 0. The molecule has 1 aliphatic carbocycles. The lowest BCUT2D eigenvalue weighted by Gasteiger charge is -2.13. The highest BCUT2D eigenvalue weighted by atomic mass is 16.1. The van der Waals surface area contributed by atoms with Crippen molar-refractivity contribution in [3.8, 4) is 0 Å². The van der Waals surface area contributed by atoms with Crippen LogP contribution in [0.2, 0.25) is 0 Å². The number of nitrogens with one attached hydrogen (secondary N) is 2. The van der Waals surface area contributed by atoms with Crippen LogP contribution < -0.4 is 10.6 Å². The van der Waals surface area contributed by atoms with E-state index in [1.165, 1.54) is 25.7 Å². The molecule has 3 rings (SSSR count). The standard InChI is InChI=1S/C21H25N3O/c1-16-6-5-9-18(14-16)21(25)24-19-10-11-20(23-15-19)22-13-12-17-7-3-2-4-8-17/h5-7,9-11,14-15H,2-4,8,12-13H2,1H3,(H,22,23)(H,24,25). The van der Waals surface area contributed by atoms with Crippen molar-refractivity contribution in [1.29, 1.82) is 0 Å². The van der Waals surface area contributed by atoms with Gasteiger partial charge in [0.05, 0.1) is 11.9 Å². The van der Waals surface area contributed by atoms with E-state index >= 15 is 0 Å². The summed E-state index contributed by atoms with van der Waals surface area (Å²) in [5, 5.41) is 6.23. The van der Waals surface area contributed by atoms with Crippen LogP contribution in [0.4, 0.5) is 11.5 Å². The Kier molecular flexibility index (Phi) is 5.83. The molecule has 0 spiro atoms. The van der Waals surface area contributed by atoms with E-state index in [9.17, 15) is 4.79 Å². The third-order valence-corrected chi connectivity index (χ3v) is 4.44. The lowest BCUT2D eigenvalue weighted by atomic mass is 9.97. The summed E-state index contributed by atoms with van der Waals surface area (Å²) in [5.41, 5.74) is 3.98. The molecule has 0 radical (unpaired) electrons. The van der Waals surface area contributed by atoms with Gasteiger partial charge in [0.2, 0.25) is 0 Å². The fourth-order valence-electron chi connectivity index (χ4n) is 3.04. The molecule has 2 N–H and O–H groups in total. The van der Waals surface area contributed by atoms with Gasteiger partial charge in [-0.1, -0.05) is 29.3 Å². The summed E-state index contributed by atoms with van der Waals surface area (Å²) in [6.45, 7) is 2.87. The average molecular weight is 335 g/mol. The number of aryl methyl sites for hydroxylation is 1. The second kappa shape index (κ2) is 8.47. The smallest absolute Gasteiger partial charge is 0.255 e. The first kappa shape index (κ1) is 17.2. The Balaban J connectivity index is 1.50. The summed E-state index contributed by atoms with van der Waals surface area (Å²) in [6.07, 6.45) is 10.3. The zero-order valence-electron chi connectivity index (χ0n) is 14.7. The SMILES string of the molecule is Cc1cccc(C(=O)Nc2ccc(NCCC3=CCCCC3)nc2)c1. The number of anilines is 2. The molecule has 0 bridgehead atoms. The maximum Gasteiger partial charge on any atom is 0.255 e. The summed E-state index contributed by atoms with van der Waals surface area (Å²) in [4.78, 5) is 16.6. The Labute approximate surface area is 149 Å². The van der Waals surface area contributed by atoms with Crippen molar-refractivity contribution in [1.82, 2.24) is 4.98 Å². The normalized spacial score (nSPS) is 13.9.